The predicted octanol–water partition coefficient (Wildman–Crippen LogP) is 5.18. The van der Waals surface area contributed by atoms with E-state index in [2.05, 4.69) is 68.3 Å². The van der Waals surface area contributed by atoms with Crippen molar-refractivity contribution in [2.45, 2.75) is 83.8 Å². The van der Waals surface area contributed by atoms with Gasteiger partial charge in [-0.1, -0.05) is 51.6 Å². The van der Waals surface area contributed by atoms with Crippen molar-refractivity contribution in [1.29, 1.82) is 0 Å². The van der Waals surface area contributed by atoms with E-state index in [0.29, 0.717) is 18.4 Å². The molecule has 5 rings (SSSR count). The highest BCUT2D eigenvalue weighted by atomic mass is 16.6. The van der Waals surface area contributed by atoms with Gasteiger partial charge in [0.2, 0.25) is 0 Å². The van der Waals surface area contributed by atoms with Crippen molar-refractivity contribution in [1.82, 2.24) is 14.6 Å². The molecule has 1 aromatic carbocycles. The Morgan fingerprint density at radius 1 is 1.17 bits per heavy atom. The molecule has 0 radical (unpaired) electrons. The lowest BCUT2D eigenvalue weighted by Crippen LogP contribution is -2.23. The first-order valence-electron chi connectivity index (χ1n) is 13.4. The van der Waals surface area contributed by atoms with Crippen molar-refractivity contribution in [2.75, 3.05) is 6.61 Å². The molecule has 2 heterocycles. The topological polar surface area (TPSA) is 59.7 Å². The zero-order valence-electron chi connectivity index (χ0n) is 22.1. The number of nitrogens with zero attached hydrogens (tertiary/aromatic N) is 3. The molecule has 0 saturated heterocycles. The number of aliphatic hydroxyl groups is 1. The number of hydrogen-bond donors (Lipinski definition) is 1. The quantitative estimate of drug-likeness (QED) is 0.489. The normalized spacial score (nSPS) is 21.1. The molecule has 2 aliphatic rings. The van der Waals surface area contributed by atoms with E-state index < -0.39 is 6.29 Å². The third kappa shape index (κ3) is 5.05. The summed E-state index contributed by atoms with van der Waals surface area (Å²) in [6.07, 6.45) is 11.9. The molecule has 3 aromatic rings. The fourth-order valence-electron chi connectivity index (χ4n) is 5.78. The molecule has 5 heteroatoms. The Labute approximate surface area is 214 Å². The smallest absolute Gasteiger partial charge is 0.163 e. The van der Waals surface area contributed by atoms with Crippen molar-refractivity contribution in [3.63, 3.8) is 0 Å². The second-order valence-corrected chi connectivity index (χ2v) is 11.5. The molecule has 1 saturated carbocycles. The van der Waals surface area contributed by atoms with Gasteiger partial charge in [0, 0.05) is 35.6 Å². The summed E-state index contributed by atoms with van der Waals surface area (Å²) in [5.74, 6) is 0.945. The van der Waals surface area contributed by atoms with Crippen LogP contribution in [0, 0.1) is 5.92 Å². The van der Waals surface area contributed by atoms with Crippen LogP contribution < -0.4 is 10.4 Å². The first kappa shape index (κ1) is 24.9. The Balaban J connectivity index is 1.48. The minimum absolute atomic E-state index is 0.0551. The van der Waals surface area contributed by atoms with Crippen molar-refractivity contribution >= 4 is 30.0 Å². The van der Waals surface area contributed by atoms with Crippen LogP contribution in [0.3, 0.4) is 0 Å². The first-order chi connectivity index (χ1) is 17.2. The lowest BCUT2D eigenvalue weighted by molar-refractivity contribution is -0.109. The fraction of sp³-hybridized carbons (Fsp3) is 0.484. The van der Waals surface area contributed by atoms with Crippen LogP contribution in [-0.2, 0) is 10.2 Å². The Morgan fingerprint density at radius 2 is 1.94 bits per heavy atom. The summed E-state index contributed by atoms with van der Waals surface area (Å²) in [4.78, 5) is 5.26. The van der Waals surface area contributed by atoms with E-state index in [1.165, 1.54) is 27.7 Å². The van der Waals surface area contributed by atoms with Gasteiger partial charge in [0.1, 0.15) is 0 Å². The summed E-state index contributed by atoms with van der Waals surface area (Å²) < 4.78 is 7.42. The van der Waals surface area contributed by atoms with Gasteiger partial charge in [0.15, 0.2) is 11.9 Å². The van der Waals surface area contributed by atoms with Crippen molar-refractivity contribution in [3.8, 4) is 0 Å². The summed E-state index contributed by atoms with van der Waals surface area (Å²) in [6.45, 7) is 13.3. The molecule has 0 aliphatic heterocycles. The highest BCUT2D eigenvalue weighted by Crippen LogP contribution is 2.39. The monoisotopic (exact) mass is 485 g/mol. The van der Waals surface area contributed by atoms with Gasteiger partial charge in [0.05, 0.1) is 11.9 Å². The lowest BCUT2D eigenvalue weighted by Gasteiger charge is -2.30. The molecule has 5 nitrogen and oxygen atoms in total. The number of ether oxygens (including phenoxy) is 1. The molecule has 2 aromatic heterocycles. The van der Waals surface area contributed by atoms with Crippen molar-refractivity contribution in [2.24, 2.45) is 5.92 Å². The van der Waals surface area contributed by atoms with Crippen LogP contribution >= 0.6 is 0 Å². The second-order valence-electron chi connectivity index (χ2n) is 11.5. The minimum Gasteiger partial charge on any atom is -0.368 e. The van der Waals surface area contributed by atoms with E-state index in [1.807, 2.05) is 13.1 Å². The first-order valence-corrected chi connectivity index (χ1v) is 13.4. The highest BCUT2D eigenvalue weighted by molar-refractivity contribution is 5.90. The molecular formula is C31H39N3O2. The summed E-state index contributed by atoms with van der Waals surface area (Å²) in [7, 11) is 0. The maximum atomic E-state index is 10.1. The number of aromatic nitrogens is 3. The van der Waals surface area contributed by atoms with Gasteiger partial charge in [-0.05, 0) is 78.7 Å². The maximum absolute atomic E-state index is 10.1. The molecule has 36 heavy (non-hydrogen) atoms. The summed E-state index contributed by atoms with van der Waals surface area (Å²) in [5, 5.41) is 17.2. The molecule has 1 fully saturated rings. The van der Waals surface area contributed by atoms with E-state index in [-0.39, 0.29) is 5.41 Å². The van der Waals surface area contributed by atoms with E-state index in [0.717, 1.165) is 55.0 Å². The molecule has 0 amide bonds. The van der Waals surface area contributed by atoms with Crippen LogP contribution in [0.25, 0.3) is 30.0 Å². The van der Waals surface area contributed by atoms with Crippen LogP contribution in [0.2, 0.25) is 0 Å². The molecule has 1 unspecified atom stereocenters. The van der Waals surface area contributed by atoms with Gasteiger partial charge in [0.25, 0.3) is 0 Å². The molecule has 0 bridgehead atoms. The van der Waals surface area contributed by atoms with Gasteiger partial charge >= 0.3 is 0 Å². The Morgan fingerprint density at radius 3 is 2.67 bits per heavy atom. The predicted molar refractivity (Wildman–Crippen MR) is 147 cm³/mol. The number of aliphatic hydroxyl groups excluding tert-OH is 1. The Kier molecular flexibility index (Phi) is 6.88. The largest absolute Gasteiger partial charge is 0.368 e. The van der Waals surface area contributed by atoms with E-state index in [4.69, 9.17) is 14.8 Å². The highest BCUT2D eigenvalue weighted by Gasteiger charge is 2.29. The van der Waals surface area contributed by atoms with Crippen LogP contribution in [0.5, 0.6) is 0 Å². The number of benzene rings is 1. The van der Waals surface area contributed by atoms with Gasteiger partial charge in [-0.15, -0.1) is 0 Å². The number of rotatable bonds is 6. The van der Waals surface area contributed by atoms with E-state index in [1.54, 1.807) is 0 Å². The van der Waals surface area contributed by atoms with Crippen LogP contribution in [0.1, 0.15) is 94.7 Å². The maximum Gasteiger partial charge on any atom is 0.163 e. The zero-order valence-corrected chi connectivity index (χ0v) is 22.1. The van der Waals surface area contributed by atoms with E-state index in [9.17, 15) is 5.11 Å². The van der Waals surface area contributed by atoms with Crippen LogP contribution in [0.15, 0.2) is 30.5 Å². The molecular weight excluding hydrogens is 446 g/mol. The third-order valence-corrected chi connectivity index (χ3v) is 7.79. The minimum atomic E-state index is -0.641. The summed E-state index contributed by atoms with van der Waals surface area (Å²) in [6, 6.07) is 8.66. The summed E-state index contributed by atoms with van der Waals surface area (Å²) >= 11 is 0. The fourth-order valence-corrected chi connectivity index (χ4v) is 5.78. The van der Waals surface area contributed by atoms with Gasteiger partial charge in [-0.25, -0.2) is 9.50 Å². The Hall–Kier alpha value is -2.76. The zero-order chi connectivity index (χ0) is 25.4. The second kappa shape index (κ2) is 9.95. The van der Waals surface area contributed by atoms with E-state index >= 15 is 0 Å². The van der Waals surface area contributed by atoms with Crippen LogP contribution in [0.4, 0.5) is 0 Å². The Bertz CT molecular complexity index is 1390. The number of hydrogen-bond acceptors (Lipinski definition) is 4. The van der Waals surface area contributed by atoms with Crippen molar-refractivity contribution in [3.05, 3.63) is 63.4 Å². The summed E-state index contributed by atoms with van der Waals surface area (Å²) in [5.41, 5.74) is 6.86. The van der Waals surface area contributed by atoms with Crippen molar-refractivity contribution < 1.29 is 9.84 Å². The molecule has 2 aliphatic carbocycles. The average molecular weight is 486 g/mol. The number of fused-ring (bicyclic) bond motifs is 2. The third-order valence-electron chi connectivity index (χ3n) is 7.79. The standard InChI is InChI=1S/C31H39N3O2/c1-6-36-29(35)16-21-8-11-23(12-9-21)27-18-28(31(3,4)5)34-30(33-27)26(19-32-34)24-14-13-22-10-7-20(2)15-25(22)17-24/h7,10,13,15,17-19,21,23,29,35H,2,6,8-9,11-12,14,16H2,1,3-5H3. The lowest BCUT2D eigenvalue weighted by atomic mass is 9.78. The molecule has 0 spiro atoms. The van der Waals surface area contributed by atoms with Crippen LogP contribution in [-0.4, -0.2) is 32.6 Å². The van der Waals surface area contributed by atoms with Gasteiger partial charge in [-0.2, -0.15) is 5.10 Å². The SMILES string of the molecule is C=c1ccc2c(c1)C=C(c1cnn3c(C(C)(C)C)cc(C4CCC(CC(O)OCC)CC4)nc13)CC=2. The average Bonchev–Trinajstić information content (AvgIpc) is 3.27. The number of allylic oxidation sites excluding steroid dienone is 1. The molecule has 1 atom stereocenters. The molecule has 190 valence electrons. The molecule has 1 N–H and O–H groups in total. The van der Waals surface area contributed by atoms with Gasteiger partial charge in [-0.3, -0.25) is 0 Å². The van der Waals surface area contributed by atoms with Gasteiger partial charge < -0.3 is 9.84 Å².